The van der Waals surface area contributed by atoms with E-state index in [9.17, 15) is 9.59 Å². The van der Waals surface area contributed by atoms with E-state index in [1.165, 1.54) is 0 Å². The lowest BCUT2D eigenvalue weighted by molar-refractivity contribution is 0.0946. The van der Waals surface area contributed by atoms with Gasteiger partial charge in [-0.1, -0.05) is 15.9 Å². The van der Waals surface area contributed by atoms with Gasteiger partial charge in [-0.2, -0.15) is 0 Å². The quantitative estimate of drug-likeness (QED) is 0.827. The molecule has 0 spiro atoms. The second kappa shape index (κ2) is 6.41. The van der Waals surface area contributed by atoms with Crippen LogP contribution >= 0.6 is 15.9 Å². The van der Waals surface area contributed by atoms with Crippen LogP contribution in [0.5, 0.6) is 0 Å². The van der Waals surface area contributed by atoms with E-state index in [1.807, 2.05) is 20.0 Å². The molecule has 21 heavy (non-hydrogen) atoms. The van der Waals surface area contributed by atoms with E-state index in [2.05, 4.69) is 26.6 Å². The molecule has 0 bridgehead atoms. The molecule has 0 aliphatic rings. The molecule has 1 amide bonds. The molecule has 6 heteroatoms. The number of nitrogens with one attached hydrogen (secondary N) is 2. The molecule has 5 nitrogen and oxygen atoms in total. The van der Waals surface area contributed by atoms with Gasteiger partial charge in [-0.15, -0.1) is 0 Å². The molecule has 1 aromatic carbocycles. The van der Waals surface area contributed by atoms with Crippen LogP contribution in [0.4, 0.5) is 0 Å². The summed E-state index contributed by atoms with van der Waals surface area (Å²) in [6, 6.07) is 5.45. The molecular weight excluding hydrogens is 336 g/mol. The first-order chi connectivity index (χ1) is 9.93. The van der Waals surface area contributed by atoms with Gasteiger partial charge in [0.2, 0.25) is 0 Å². The standard InChI is InChI=1S/C15H17BrN2O3/c1-8(17-3)7-18-14(19)13-9(2)11-6-10(16)4-5-12(11)21-15(13)20/h4-6,8,17H,7H2,1-3H3,(H,18,19). The predicted octanol–water partition coefficient (Wildman–Crippen LogP) is 2.20. The molecule has 1 unspecified atom stereocenters. The van der Waals surface area contributed by atoms with Crippen molar-refractivity contribution >= 4 is 32.8 Å². The first kappa shape index (κ1) is 15.7. The fourth-order valence-corrected chi connectivity index (χ4v) is 2.38. The van der Waals surface area contributed by atoms with Crippen molar-refractivity contribution in [2.75, 3.05) is 13.6 Å². The lowest BCUT2D eigenvalue weighted by Crippen LogP contribution is -2.39. The topological polar surface area (TPSA) is 71.3 Å². The van der Waals surface area contributed by atoms with E-state index in [4.69, 9.17) is 4.42 Å². The minimum absolute atomic E-state index is 0.0592. The van der Waals surface area contributed by atoms with E-state index >= 15 is 0 Å². The Hall–Kier alpha value is -1.66. The van der Waals surface area contributed by atoms with Crippen molar-refractivity contribution in [1.29, 1.82) is 0 Å². The summed E-state index contributed by atoms with van der Waals surface area (Å²) in [5.41, 5.74) is 0.541. The number of halogens is 1. The molecular formula is C15H17BrN2O3. The van der Waals surface area contributed by atoms with Crippen molar-refractivity contribution in [3.63, 3.8) is 0 Å². The fraction of sp³-hybridized carbons (Fsp3) is 0.333. The number of amides is 1. The highest BCUT2D eigenvalue weighted by Gasteiger charge is 2.18. The van der Waals surface area contributed by atoms with Crippen molar-refractivity contribution in [1.82, 2.24) is 10.6 Å². The molecule has 0 saturated heterocycles. The van der Waals surface area contributed by atoms with Gasteiger partial charge >= 0.3 is 5.63 Å². The average molecular weight is 353 g/mol. The first-order valence-electron chi connectivity index (χ1n) is 6.62. The Bertz CT molecular complexity index is 740. The van der Waals surface area contributed by atoms with Gasteiger partial charge in [-0.25, -0.2) is 4.79 Å². The average Bonchev–Trinajstić information content (AvgIpc) is 2.45. The van der Waals surface area contributed by atoms with Crippen LogP contribution in [0.25, 0.3) is 11.0 Å². The maximum Gasteiger partial charge on any atom is 0.349 e. The third-order valence-corrected chi connectivity index (χ3v) is 3.91. The van der Waals surface area contributed by atoms with Gasteiger partial charge in [-0.05, 0) is 44.7 Å². The zero-order valence-electron chi connectivity index (χ0n) is 12.1. The number of benzene rings is 1. The number of fused-ring (bicyclic) bond motifs is 1. The summed E-state index contributed by atoms with van der Waals surface area (Å²) in [6.07, 6.45) is 0. The van der Waals surface area contributed by atoms with E-state index in [0.717, 1.165) is 9.86 Å². The highest BCUT2D eigenvalue weighted by Crippen LogP contribution is 2.23. The summed E-state index contributed by atoms with van der Waals surface area (Å²) in [4.78, 5) is 24.3. The number of hydrogen-bond acceptors (Lipinski definition) is 4. The van der Waals surface area contributed by atoms with Gasteiger partial charge < -0.3 is 15.1 Å². The summed E-state index contributed by atoms with van der Waals surface area (Å²) in [5, 5.41) is 6.50. The Morgan fingerprint density at radius 2 is 2.14 bits per heavy atom. The van der Waals surface area contributed by atoms with Gasteiger partial charge in [0.05, 0.1) is 0 Å². The van der Waals surface area contributed by atoms with E-state index in [-0.39, 0.29) is 11.6 Å². The molecule has 0 aliphatic heterocycles. The third kappa shape index (κ3) is 3.33. The van der Waals surface area contributed by atoms with Crippen LogP contribution in [0.2, 0.25) is 0 Å². The van der Waals surface area contributed by atoms with Crippen LogP contribution in [-0.4, -0.2) is 25.5 Å². The Kier molecular flexibility index (Phi) is 4.80. The number of likely N-dealkylation sites (N-methyl/N-ethyl adjacent to an activating group) is 1. The van der Waals surface area contributed by atoms with Gasteiger partial charge in [0.25, 0.3) is 5.91 Å². The summed E-state index contributed by atoms with van der Waals surface area (Å²) in [7, 11) is 1.81. The van der Waals surface area contributed by atoms with E-state index < -0.39 is 11.5 Å². The second-order valence-corrected chi connectivity index (χ2v) is 5.85. The second-order valence-electron chi connectivity index (χ2n) is 4.93. The third-order valence-electron chi connectivity index (χ3n) is 3.42. The predicted molar refractivity (Wildman–Crippen MR) is 85.8 cm³/mol. The van der Waals surface area contributed by atoms with Crippen LogP contribution in [0.1, 0.15) is 22.8 Å². The minimum atomic E-state index is -0.614. The lowest BCUT2D eigenvalue weighted by Gasteiger charge is -2.12. The molecule has 2 N–H and O–H groups in total. The summed E-state index contributed by atoms with van der Waals surface area (Å²) in [5.74, 6) is -0.412. The molecule has 2 rings (SSSR count). The maximum atomic E-state index is 12.2. The SMILES string of the molecule is CNC(C)CNC(=O)c1c(C)c2cc(Br)ccc2oc1=O. The number of aryl methyl sites for hydroxylation is 1. The van der Waals surface area contributed by atoms with Gasteiger partial charge in [-0.3, -0.25) is 4.79 Å². The van der Waals surface area contributed by atoms with E-state index in [0.29, 0.717) is 17.7 Å². The Morgan fingerprint density at radius 1 is 1.43 bits per heavy atom. The van der Waals surface area contributed by atoms with Gasteiger partial charge in [0, 0.05) is 22.4 Å². The molecule has 1 heterocycles. The fourth-order valence-electron chi connectivity index (χ4n) is 2.02. The Balaban J connectivity index is 2.44. The highest BCUT2D eigenvalue weighted by molar-refractivity contribution is 9.10. The number of carbonyl (C=O) groups is 1. The number of carbonyl (C=O) groups excluding carboxylic acids is 1. The smallest absolute Gasteiger partial charge is 0.349 e. The Morgan fingerprint density at radius 3 is 2.81 bits per heavy atom. The largest absolute Gasteiger partial charge is 0.422 e. The summed E-state index contributed by atoms with van der Waals surface area (Å²) < 4.78 is 6.09. The van der Waals surface area contributed by atoms with Crippen LogP contribution in [0.3, 0.4) is 0 Å². The van der Waals surface area contributed by atoms with Crippen molar-refractivity contribution in [2.24, 2.45) is 0 Å². The Labute approximate surface area is 130 Å². The zero-order valence-corrected chi connectivity index (χ0v) is 13.7. The van der Waals surface area contributed by atoms with Crippen molar-refractivity contribution < 1.29 is 9.21 Å². The molecule has 112 valence electrons. The highest BCUT2D eigenvalue weighted by atomic mass is 79.9. The maximum absolute atomic E-state index is 12.2. The van der Waals surface area contributed by atoms with Crippen LogP contribution in [-0.2, 0) is 0 Å². The normalized spacial score (nSPS) is 12.4. The molecule has 1 atom stereocenters. The van der Waals surface area contributed by atoms with Gasteiger partial charge in [0.15, 0.2) is 0 Å². The molecule has 1 aromatic heterocycles. The van der Waals surface area contributed by atoms with Crippen LogP contribution in [0, 0.1) is 6.92 Å². The molecule has 0 fully saturated rings. The summed E-state index contributed by atoms with van der Waals surface area (Å²) in [6.45, 7) is 4.12. The number of rotatable bonds is 4. The lowest BCUT2D eigenvalue weighted by atomic mass is 10.1. The molecule has 0 radical (unpaired) electrons. The number of hydrogen-bond donors (Lipinski definition) is 2. The van der Waals surface area contributed by atoms with Crippen LogP contribution in [0.15, 0.2) is 31.9 Å². The van der Waals surface area contributed by atoms with E-state index in [1.54, 1.807) is 19.1 Å². The van der Waals surface area contributed by atoms with Gasteiger partial charge in [0.1, 0.15) is 11.1 Å². The minimum Gasteiger partial charge on any atom is -0.422 e. The molecule has 0 saturated carbocycles. The first-order valence-corrected chi connectivity index (χ1v) is 7.41. The van der Waals surface area contributed by atoms with Crippen molar-refractivity contribution in [3.8, 4) is 0 Å². The monoisotopic (exact) mass is 352 g/mol. The van der Waals surface area contributed by atoms with Crippen molar-refractivity contribution in [3.05, 3.63) is 44.2 Å². The zero-order chi connectivity index (χ0) is 15.6. The summed E-state index contributed by atoms with van der Waals surface area (Å²) >= 11 is 3.38. The van der Waals surface area contributed by atoms with Crippen LogP contribution < -0.4 is 16.3 Å². The molecule has 2 aromatic rings. The van der Waals surface area contributed by atoms with Crippen molar-refractivity contribution in [2.45, 2.75) is 19.9 Å². The molecule has 0 aliphatic carbocycles.